The van der Waals surface area contributed by atoms with Gasteiger partial charge in [0.1, 0.15) is 0 Å². The van der Waals surface area contributed by atoms with Crippen molar-refractivity contribution in [2.45, 2.75) is 32.2 Å². The maximum absolute atomic E-state index is 11.7. The molecule has 0 spiro atoms. The van der Waals surface area contributed by atoms with Gasteiger partial charge in [0.05, 0.1) is 11.6 Å². The van der Waals surface area contributed by atoms with Crippen LogP contribution in [-0.2, 0) is 0 Å². The zero-order chi connectivity index (χ0) is 16.8. The number of benzene rings is 2. The second kappa shape index (κ2) is 5.52. The highest BCUT2D eigenvalue weighted by Gasteiger charge is 2.40. The van der Waals surface area contributed by atoms with Crippen molar-refractivity contribution in [2.24, 2.45) is 5.92 Å². The molecule has 0 radical (unpaired) electrons. The Morgan fingerprint density at radius 1 is 1.12 bits per heavy atom. The van der Waals surface area contributed by atoms with Crippen LogP contribution in [0, 0.1) is 19.8 Å². The van der Waals surface area contributed by atoms with Gasteiger partial charge in [-0.1, -0.05) is 48.0 Å². The van der Waals surface area contributed by atoms with Crippen LogP contribution in [0.1, 0.15) is 51.0 Å². The van der Waals surface area contributed by atoms with Gasteiger partial charge in [-0.2, -0.15) is 0 Å². The molecule has 2 aliphatic rings. The van der Waals surface area contributed by atoms with Gasteiger partial charge in [0, 0.05) is 11.6 Å². The summed E-state index contributed by atoms with van der Waals surface area (Å²) in [5.41, 5.74) is 5.99. The van der Waals surface area contributed by atoms with Crippen molar-refractivity contribution in [3.8, 4) is 0 Å². The van der Waals surface area contributed by atoms with E-state index in [4.69, 9.17) is 0 Å². The van der Waals surface area contributed by atoms with Gasteiger partial charge in [-0.15, -0.1) is 0 Å². The summed E-state index contributed by atoms with van der Waals surface area (Å²) < 4.78 is 0. The first kappa shape index (κ1) is 15.0. The lowest BCUT2D eigenvalue weighted by Gasteiger charge is -2.39. The standard InChI is InChI=1S/C21H21NO2/c1-12-6-9-14(10-7-12)20-16-5-3-4-15(16)18-17(21(23)24)11-8-13(2)19(18)22-20/h3-4,6-11,15-16,20,22H,5H2,1-2H3,(H,23,24)/t15-,16+,20-/m0/s1. The molecule has 2 N–H and O–H groups in total. The van der Waals surface area contributed by atoms with Gasteiger partial charge < -0.3 is 10.4 Å². The number of carbonyl (C=O) groups is 1. The Morgan fingerprint density at radius 2 is 1.88 bits per heavy atom. The van der Waals surface area contributed by atoms with Crippen molar-refractivity contribution >= 4 is 11.7 Å². The zero-order valence-electron chi connectivity index (χ0n) is 13.9. The Kier molecular flexibility index (Phi) is 3.45. The summed E-state index contributed by atoms with van der Waals surface area (Å²) in [4.78, 5) is 11.7. The van der Waals surface area contributed by atoms with E-state index < -0.39 is 5.97 Å². The lowest BCUT2D eigenvalue weighted by molar-refractivity contribution is 0.0695. The van der Waals surface area contributed by atoms with Crippen molar-refractivity contribution in [3.63, 3.8) is 0 Å². The first-order chi connectivity index (χ1) is 11.6. The number of aryl methyl sites for hydroxylation is 2. The van der Waals surface area contributed by atoms with E-state index in [2.05, 4.69) is 48.7 Å². The molecule has 3 atom stereocenters. The van der Waals surface area contributed by atoms with E-state index >= 15 is 0 Å². The summed E-state index contributed by atoms with van der Waals surface area (Å²) in [5, 5.41) is 13.3. The third-order valence-corrected chi connectivity index (χ3v) is 5.39. The number of nitrogens with one attached hydrogen (secondary N) is 1. The van der Waals surface area contributed by atoms with Crippen molar-refractivity contribution < 1.29 is 9.90 Å². The largest absolute Gasteiger partial charge is 0.478 e. The molecule has 0 fully saturated rings. The molecule has 4 rings (SSSR count). The highest BCUT2D eigenvalue weighted by atomic mass is 16.4. The first-order valence-corrected chi connectivity index (χ1v) is 8.43. The highest BCUT2D eigenvalue weighted by molar-refractivity contribution is 5.93. The minimum atomic E-state index is -0.846. The molecule has 0 aromatic heterocycles. The summed E-state index contributed by atoms with van der Waals surface area (Å²) in [6.45, 7) is 4.14. The monoisotopic (exact) mass is 319 g/mol. The molecular weight excluding hydrogens is 298 g/mol. The molecule has 0 saturated heterocycles. The van der Waals surface area contributed by atoms with Crippen molar-refractivity contribution in [1.82, 2.24) is 0 Å². The second-order valence-electron chi connectivity index (χ2n) is 6.91. The number of anilines is 1. The SMILES string of the molecule is Cc1ccc([C@@H]2Nc3c(C)ccc(C(=O)O)c3[C@H]3C=CC[C@H]32)cc1. The Balaban J connectivity index is 1.86. The van der Waals surface area contributed by atoms with Gasteiger partial charge in [-0.05, 0) is 48.9 Å². The van der Waals surface area contributed by atoms with Gasteiger partial charge in [-0.3, -0.25) is 0 Å². The Labute approximate surface area is 142 Å². The van der Waals surface area contributed by atoms with Crippen LogP contribution in [0.4, 0.5) is 5.69 Å². The fraction of sp³-hybridized carbons (Fsp3) is 0.286. The predicted molar refractivity (Wildman–Crippen MR) is 95.7 cm³/mol. The lowest BCUT2D eigenvalue weighted by atomic mass is 9.74. The molecule has 24 heavy (non-hydrogen) atoms. The summed E-state index contributed by atoms with van der Waals surface area (Å²) in [7, 11) is 0. The molecule has 3 nitrogen and oxygen atoms in total. The predicted octanol–water partition coefficient (Wildman–Crippen LogP) is 4.83. The fourth-order valence-corrected chi connectivity index (χ4v) is 4.15. The lowest BCUT2D eigenvalue weighted by Crippen LogP contribution is -2.31. The van der Waals surface area contributed by atoms with Gasteiger partial charge in [0.15, 0.2) is 0 Å². The van der Waals surface area contributed by atoms with Crippen LogP contribution < -0.4 is 5.32 Å². The van der Waals surface area contributed by atoms with Crippen molar-refractivity contribution in [2.75, 3.05) is 5.32 Å². The van der Waals surface area contributed by atoms with Crippen LogP contribution in [0.25, 0.3) is 0 Å². The van der Waals surface area contributed by atoms with Crippen LogP contribution in [0.2, 0.25) is 0 Å². The molecule has 122 valence electrons. The summed E-state index contributed by atoms with van der Waals surface area (Å²) in [5.74, 6) is -0.320. The van der Waals surface area contributed by atoms with Crippen LogP contribution in [0.15, 0.2) is 48.6 Å². The topological polar surface area (TPSA) is 49.3 Å². The number of fused-ring (bicyclic) bond motifs is 3. The van der Waals surface area contributed by atoms with Crippen LogP contribution in [-0.4, -0.2) is 11.1 Å². The number of carboxylic acid groups (broad SMARTS) is 1. The Morgan fingerprint density at radius 3 is 2.58 bits per heavy atom. The van der Waals surface area contributed by atoms with E-state index in [0.29, 0.717) is 11.5 Å². The minimum Gasteiger partial charge on any atom is -0.478 e. The normalized spacial score (nSPS) is 24.2. The average molecular weight is 319 g/mol. The summed E-state index contributed by atoms with van der Waals surface area (Å²) in [6.07, 6.45) is 5.36. The molecule has 1 aliphatic carbocycles. The molecule has 0 saturated carbocycles. The molecule has 1 heterocycles. The molecule has 0 unspecified atom stereocenters. The van der Waals surface area contributed by atoms with E-state index in [0.717, 1.165) is 23.2 Å². The quantitative estimate of drug-likeness (QED) is 0.780. The number of rotatable bonds is 2. The number of hydrogen-bond acceptors (Lipinski definition) is 2. The molecule has 2 aromatic rings. The first-order valence-electron chi connectivity index (χ1n) is 8.43. The van der Waals surface area contributed by atoms with Gasteiger partial charge in [0.2, 0.25) is 0 Å². The van der Waals surface area contributed by atoms with E-state index in [1.54, 1.807) is 6.07 Å². The fourth-order valence-electron chi connectivity index (χ4n) is 4.15. The third-order valence-electron chi connectivity index (χ3n) is 5.39. The Hall–Kier alpha value is -2.55. The molecule has 3 heteroatoms. The van der Waals surface area contributed by atoms with E-state index in [-0.39, 0.29) is 12.0 Å². The molecule has 1 aliphatic heterocycles. The minimum absolute atomic E-state index is 0.165. The number of carboxylic acids is 1. The Bertz CT molecular complexity index is 836. The molecular formula is C21H21NO2. The third kappa shape index (κ3) is 2.23. The van der Waals surface area contributed by atoms with Gasteiger partial charge in [0.25, 0.3) is 0 Å². The summed E-state index contributed by atoms with van der Waals surface area (Å²) >= 11 is 0. The van der Waals surface area contributed by atoms with Gasteiger partial charge >= 0.3 is 5.97 Å². The van der Waals surface area contributed by atoms with E-state index in [1.165, 1.54) is 11.1 Å². The van der Waals surface area contributed by atoms with Crippen LogP contribution in [0.5, 0.6) is 0 Å². The van der Waals surface area contributed by atoms with Crippen molar-refractivity contribution in [1.29, 1.82) is 0 Å². The number of hydrogen-bond donors (Lipinski definition) is 2. The van der Waals surface area contributed by atoms with Crippen LogP contribution >= 0.6 is 0 Å². The number of allylic oxidation sites excluding steroid dienone is 2. The van der Waals surface area contributed by atoms with Crippen LogP contribution in [0.3, 0.4) is 0 Å². The molecule has 2 aromatic carbocycles. The van der Waals surface area contributed by atoms with Gasteiger partial charge in [-0.25, -0.2) is 4.79 Å². The second-order valence-corrected chi connectivity index (χ2v) is 6.91. The smallest absolute Gasteiger partial charge is 0.336 e. The maximum atomic E-state index is 11.7. The summed E-state index contributed by atoms with van der Waals surface area (Å²) in [6, 6.07) is 12.5. The van der Waals surface area contributed by atoms with E-state index in [9.17, 15) is 9.90 Å². The van der Waals surface area contributed by atoms with Crippen molar-refractivity contribution in [3.05, 3.63) is 76.4 Å². The molecule has 0 amide bonds. The zero-order valence-corrected chi connectivity index (χ0v) is 13.9. The average Bonchev–Trinajstić information content (AvgIpc) is 3.05. The highest BCUT2D eigenvalue weighted by Crippen LogP contribution is 2.51. The maximum Gasteiger partial charge on any atom is 0.336 e. The van der Waals surface area contributed by atoms with E-state index in [1.807, 2.05) is 13.0 Å². The molecule has 0 bridgehead atoms. The number of aromatic carboxylic acids is 1.